The van der Waals surface area contributed by atoms with E-state index in [0.29, 0.717) is 0 Å². The molecule has 0 aliphatic carbocycles. The summed E-state index contributed by atoms with van der Waals surface area (Å²) in [6, 6.07) is -0.205. The van der Waals surface area contributed by atoms with Crippen molar-refractivity contribution in [3.63, 3.8) is 0 Å². The molecule has 0 aromatic rings. The third kappa shape index (κ3) is 5.96. The lowest BCUT2D eigenvalue weighted by atomic mass is 10.4. The Morgan fingerprint density at radius 1 is 1.67 bits per heavy atom. The average molecular weight is 193 g/mol. The molecule has 0 radical (unpaired) electrons. The zero-order valence-electron chi connectivity index (χ0n) is 7.53. The molecule has 0 fully saturated rings. The van der Waals surface area contributed by atoms with Gasteiger partial charge in [0.15, 0.2) is 5.96 Å². The summed E-state index contributed by atoms with van der Waals surface area (Å²) >= 11 is 0. The van der Waals surface area contributed by atoms with Crippen LogP contribution in [0, 0.1) is 0 Å². The summed E-state index contributed by atoms with van der Waals surface area (Å²) in [6.07, 6.45) is 1.18. The van der Waals surface area contributed by atoms with Gasteiger partial charge in [0, 0.05) is 19.3 Å². The molecular formula is C6H15N3O2S. The van der Waals surface area contributed by atoms with Crippen molar-refractivity contribution < 1.29 is 8.42 Å². The molecule has 72 valence electrons. The van der Waals surface area contributed by atoms with Gasteiger partial charge >= 0.3 is 0 Å². The van der Waals surface area contributed by atoms with Crippen LogP contribution in [-0.4, -0.2) is 39.5 Å². The largest absolute Gasteiger partial charge is 0.370 e. The van der Waals surface area contributed by atoms with Gasteiger partial charge < -0.3 is 11.1 Å². The Bertz CT molecular complexity index is 258. The molecular weight excluding hydrogens is 178 g/mol. The van der Waals surface area contributed by atoms with E-state index < -0.39 is 9.84 Å². The molecule has 5 nitrogen and oxygen atoms in total. The van der Waals surface area contributed by atoms with Gasteiger partial charge in [-0.25, -0.2) is 8.42 Å². The van der Waals surface area contributed by atoms with Crippen LogP contribution in [-0.2, 0) is 9.84 Å². The van der Waals surface area contributed by atoms with Crippen molar-refractivity contribution in [3.05, 3.63) is 0 Å². The highest BCUT2D eigenvalue weighted by Gasteiger charge is 2.09. The second-order valence-electron chi connectivity index (χ2n) is 2.75. The van der Waals surface area contributed by atoms with Crippen LogP contribution in [0.15, 0.2) is 4.99 Å². The van der Waals surface area contributed by atoms with E-state index in [1.165, 1.54) is 13.3 Å². The maximum atomic E-state index is 10.8. The number of rotatable bonds is 3. The maximum Gasteiger partial charge on any atom is 0.188 e. The first-order chi connectivity index (χ1) is 5.35. The molecule has 1 atom stereocenters. The molecule has 0 aromatic carbocycles. The molecule has 0 bridgehead atoms. The van der Waals surface area contributed by atoms with Gasteiger partial charge in [-0.05, 0) is 6.92 Å². The summed E-state index contributed by atoms with van der Waals surface area (Å²) in [6.45, 7) is 1.74. The standard InChI is InChI=1S/C6H15N3O2S/c1-5(4-12(3,10)11)9-6(7)8-2/h5H,4H2,1-3H3,(H3,7,8,9). The van der Waals surface area contributed by atoms with Crippen LogP contribution in [0.2, 0.25) is 0 Å². The van der Waals surface area contributed by atoms with Crippen molar-refractivity contribution in [1.82, 2.24) is 5.32 Å². The Morgan fingerprint density at radius 2 is 2.17 bits per heavy atom. The number of nitrogens with zero attached hydrogens (tertiary/aromatic N) is 1. The zero-order chi connectivity index (χ0) is 9.78. The molecule has 0 amide bonds. The summed E-state index contributed by atoms with van der Waals surface area (Å²) in [5.74, 6) is 0.314. The molecule has 0 rings (SSSR count). The average Bonchev–Trinajstić information content (AvgIpc) is 1.82. The Balaban J connectivity index is 4.00. The van der Waals surface area contributed by atoms with E-state index in [4.69, 9.17) is 5.73 Å². The summed E-state index contributed by atoms with van der Waals surface area (Å²) in [5.41, 5.74) is 5.34. The van der Waals surface area contributed by atoms with Gasteiger partial charge in [-0.1, -0.05) is 0 Å². The Hall–Kier alpha value is -0.780. The highest BCUT2D eigenvalue weighted by atomic mass is 32.2. The fourth-order valence-corrected chi connectivity index (χ4v) is 1.80. The van der Waals surface area contributed by atoms with E-state index in [9.17, 15) is 8.42 Å². The second-order valence-corrected chi connectivity index (χ2v) is 4.93. The van der Waals surface area contributed by atoms with E-state index in [-0.39, 0.29) is 17.8 Å². The first-order valence-electron chi connectivity index (χ1n) is 3.51. The SMILES string of the molecule is CN=C(N)NC(C)CS(C)(=O)=O. The molecule has 0 aliphatic heterocycles. The van der Waals surface area contributed by atoms with Gasteiger partial charge in [-0.15, -0.1) is 0 Å². The number of hydrogen-bond donors (Lipinski definition) is 2. The van der Waals surface area contributed by atoms with E-state index in [1.807, 2.05) is 0 Å². The minimum absolute atomic E-state index is 0.0587. The summed E-state index contributed by atoms with van der Waals surface area (Å²) in [4.78, 5) is 3.65. The van der Waals surface area contributed by atoms with Gasteiger partial charge in [0.05, 0.1) is 5.75 Å². The van der Waals surface area contributed by atoms with Crippen molar-refractivity contribution in [1.29, 1.82) is 0 Å². The van der Waals surface area contributed by atoms with Crippen LogP contribution in [0.5, 0.6) is 0 Å². The van der Waals surface area contributed by atoms with Gasteiger partial charge in [0.1, 0.15) is 9.84 Å². The Morgan fingerprint density at radius 3 is 2.50 bits per heavy atom. The number of nitrogens with one attached hydrogen (secondary N) is 1. The lowest BCUT2D eigenvalue weighted by Crippen LogP contribution is -2.41. The smallest absolute Gasteiger partial charge is 0.188 e. The molecule has 3 N–H and O–H groups in total. The fourth-order valence-electron chi connectivity index (χ4n) is 0.813. The molecule has 0 aromatic heterocycles. The van der Waals surface area contributed by atoms with Crippen molar-refractivity contribution in [2.75, 3.05) is 19.1 Å². The van der Waals surface area contributed by atoms with Crippen molar-refractivity contribution >= 4 is 15.8 Å². The molecule has 0 saturated carbocycles. The van der Waals surface area contributed by atoms with E-state index in [0.717, 1.165) is 0 Å². The summed E-state index contributed by atoms with van der Waals surface area (Å²) in [7, 11) is -1.41. The Labute approximate surface area is 73.0 Å². The second kappa shape index (κ2) is 4.30. The van der Waals surface area contributed by atoms with Gasteiger partial charge in [-0.2, -0.15) is 0 Å². The molecule has 12 heavy (non-hydrogen) atoms. The normalized spacial score (nSPS) is 15.8. The van der Waals surface area contributed by atoms with Gasteiger partial charge in [0.25, 0.3) is 0 Å². The zero-order valence-corrected chi connectivity index (χ0v) is 8.35. The minimum Gasteiger partial charge on any atom is -0.370 e. The maximum absolute atomic E-state index is 10.8. The van der Waals surface area contributed by atoms with Gasteiger partial charge in [-0.3, -0.25) is 4.99 Å². The molecule has 0 aliphatic rings. The first kappa shape index (κ1) is 11.2. The van der Waals surface area contributed by atoms with E-state index in [2.05, 4.69) is 10.3 Å². The van der Waals surface area contributed by atoms with Crippen LogP contribution in [0.25, 0.3) is 0 Å². The summed E-state index contributed by atoms with van der Waals surface area (Å²) < 4.78 is 21.6. The van der Waals surface area contributed by atoms with Crippen LogP contribution >= 0.6 is 0 Å². The van der Waals surface area contributed by atoms with Crippen molar-refractivity contribution in [3.8, 4) is 0 Å². The molecule has 6 heteroatoms. The van der Waals surface area contributed by atoms with Crippen LogP contribution in [0.4, 0.5) is 0 Å². The van der Waals surface area contributed by atoms with Crippen LogP contribution in [0.3, 0.4) is 0 Å². The minimum atomic E-state index is -2.95. The van der Waals surface area contributed by atoms with Crippen LogP contribution < -0.4 is 11.1 Å². The quantitative estimate of drug-likeness (QED) is 0.442. The highest BCUT2D eigenvalue weighted by Crippen LogP contribution is 1.88. The molecule has 1 unspecified atom stereocenters. The summed E-state index contributed by atoms with van der Waals surface area (Å²) in [5, 5.41) is 2.73. The van der Waals surface area contributed by atoms with Crippen molar-refractivity contribution in [2.24, 2.45) is 10.7 Å². The molecule has 0 heterocycles. The molecule has 0 saturated heterocycles. The lowest BCUT2D eigenvalue weighted by Gasteiger charge is -2.12. The fraction of sp³-hybridized carbons (Fsp3) is 0.833. The van der Waals surface area contributed by atoms with E-state index >= 15 is 0 Å². The molecule has 0 spiro atoms. The first-order valence-corrected chi connectivity index (χ1v) is 5.57. The Kier molecular flexibility index (Phi) is 4.02. The van der Waals surface area contributed by atoms with Crippen molar-refractivity contribution in [2.45, 2.75) is 13.0 Å². The number of sulfone groups is 1. The topological polar surface area (TPSA) is 84.5 Å². The third-order valence-corrected chi connectivity index (χ3v) is 2.29. The number of hydrogen-bond acceptors (Lipinski definition) is 3. The number of nitrogens with two attached hydrogens (primary N) is 1. The van der Waals surface area contributed by atoms with Crippen LogP contribution in [0.1, 0.15) is 6.92 Å². The predicted molar refractivity (Wildman–Crippen MR) is 49.9 cm³/mol. The monoisotopic (exact) mass is 193 g/mol. The van der Waals surface area contributed by atoms with Gasteiger partial charge in [0.2, 0.25) is 0 Å². The lowest BCUT2D eigenvalue weighted by molar-refractivity contribution is 0.590. The predicted octanol–water partition coefficient (Wildman–Crippen LogP) is -1.05. The number of guanidine groups is 1. The highest BCUT2D eigenvalue weighted by molar-refractivity contribution is 7.90. The van der Waals surface area contributed by atoms with E-state index in [1.54, 1.807) is 6.92 Å². The number of aliphatic imine (C=N–C) groups is 1. The third-order valence-electron chi connectivity index (χ3n) is 1.19.